The lowest BCUT2D eigenvalue weighted by atomic mass is 10.1. The van der Waals surface area contributed by atoms with E-state index in [1.54, 1.807) is 37.6 Å². The van der Waals surface area contributed by atoms with Gasteiger partial charge in [-0.05, 0) is 54.1 Å². The van der Waals surface area contributed by atoms with Crippen LogP contribution in [0.5, 0.6) is 5.75 Å². The minimum atomic E-state index is -3.68. The molecule has 0 unspecified atom stereocenters. The number of nitrogens with zero attached hydrogens (tertiary/aromatic N) is 3. The molecule has 0 amide bonds. The van der Waals surface area contributed by atoms with Gasteiger partial charge in [-0.2, -0.15) is 0 Å². The van der Waals surface area contributed by atoms with E-state index < -0.39 is 10.0 Å². The highest BCUT2D eigenvalue weighted by molar-refractivity contribution is 7.90. The largest absolute Gasteiger partial charge is 0.497 e. The predicted molar refractivity (Wildman–Crippen MR) is 131 cm³/mol. The Bertz CT molecular complexity index is 1340. The number of hydrogen-bond donors (Lipinski definition) is 0. The van der Waals surface area contributed by atoms with E-state index in [2.05, 4.69) is 40.1 Å². The summed E-state index contributed by atoms with van der Waals surface area (Å²) in [6.07, 6.45) is 1.63. The van der Waals surface area contributed by atoms with Crippen molar-refractivity contribution in [2.24, 2.45) is 0 Å². The third-order valence-electron chi connectivity index (χ3n) is 6.24. The molecular formula is C26H27N3O3S. The minimum absolute atomic E-state index is 0.236. The molecule has 1 saturated heterocycles. The van der Waals surface area contributed by atoms with Gasteiger partial charge in [0.25, 0.3) is 10.0 Å². The second-order valence-electron chi connectivity index (χ2n) is 8.28. The van der Waals surface area contributed by atoms with Crippen molar-refractivity contribution >= 4 is 26.6 Å². The molecule has 0 spiro atoms. The zero-order valence-electron chi connectivity index (χ0n) is 18.6. The van der Waals surface area contributed by atoms with Gasteiger partial charge in [-0.15, -0.1) is 0 Å². The lowest BCUT2D eigenvalue weighted by Gasteiger charge is -2.36. The van der Waals surface area contributed by atoms with Crippen LogP contribution in [0.2, 0.25) is 0 Å². The van der Waals surface area contributed by atoms with Crippen LogP contribution < -0.4 is 9.64 Å². The summed E-state index contributed by atoms with van der Waals surface area (Å²) in [6, 6.07) is 24.9. The second kappa shape index (κ2) is 8.92. The first-order chi connectivity index (χ1) is 16.0. The van der Waals surface area contributed by atoms with Crippen molar-refractivity contribution in [3.05, 3.63) is 90.6 Å². The Morgan fingerprint density at radius 1 is 0.848 bits per heavy atom. The van der Waals surface area contributed by atoms with E-state index in [4.69, 9.17) is 4.74 Å². The van der Waals surface area contributed by atoms with E-state index >= 15 is 0 Å². The molecule has 0 bridgehead atoms. The average molecular weight is 462 g/mol. The lowest BCUT2D eigenvalue weighted by molar-refractivity contribution is 0.250. The standard InChI is InChI=1S/C26H27N3O3S/c1-32-24-8-10-25(11-9-24)33(30,31)29-14-13-22-19-23(7-12-26(22)29)28-17-15-27(16-18-28)20-21-5-3-2-4-6-21/h2-14,19H,15-18,20H2,1H3. The van der Waals surface area contributed by atoms with Gasteiger partial charge in [-0.25, -0.2) is 12.4 Å². The molecule has 0 aliphatic carbocycles. The van der Waals surface area contributed by atoms with E-state index in [0.29, 0.717) is 11.3 Å². The average Bonchev–Trinajstić information content (AvgIpc) is 3.29. The molecule has 7 heteroatoms. The number of ether oxygens (including phenoxy) is 1. The number of hydrogen-bond acceptors (Lipinski definition) is 5. The Hall–Kier alpha value is -3.29. The molecule has 3 aromatic carbocycles. The fraction of sp³-hybridized carbons (Fsp3) is 0.231. The highest BCUT2D eigenvalue weighted by atomic mass is 32.2. The third-order valence-corrected chi connectivity index (χ3v) is 7.94. The van der Waals surface area contributed by atoms with Gasteiger partial charge in [-0.1, -0.05) is 30.3 Å². The molecule has 1 aliphatic heterocycles. The Morgan fingerprint density at radius 3 is 2.27 bits per heavy atom. The maximum atomic E-state index is 13.2. The number of anilines is 1. The molecule has 170 valence electrons. The van der Waals surface area contributed by atoms with Crippen molar-refractivity contribution < 1.29 is 13.2 Å². The summed E-state index contributed by atoms with van der Waals surface area (Å²) in [4.78, 5) is 5.08. The smallest absolute Gasteiger partial charge is 0.268 e. The summed E-state index contributed by atoms with van der Waals surface area (Å²) < 4.78 is 32.9. The van der Waals surface area contributed by atoms with Crippen LogP contribution in [0.25, 0.3) is 10.9 Å². The molecular weight excluding hydrogens is 434 g/mol. The molecule has 1 aromatic heterocycles. The molecule has 0 radical (unpaired) electrons. The highest BCUT2D eigenvalue weighted by Gasteiger charge is 2.21. The zero-order chi connectivity index (χ0) is 22.8. The monoisotopic (exact) mass is 461 g/mol. The maximum absolute atomic E-state index is 13.2. The Kier molecular flexibility index (Phi) is 5.83. The molecule has 0 N–H and O–H groups in total. The summed E-state index contributed by atoms with van der Waals surface area (Å²) in [6.45, 7) is 4.87. The molecule has 33 heavy (non-hydrogen) atoms. The summed E-state index contributed by atoms with van der Waals surface area (Å²) in [7, 11) is -2.12. The number of rotatable bonds is 6. The quantitative estimate of drug-likeness (QED) is 0.431. The second-order valence-corrected chi connectivity index (χ2v) is 10.1. The normalized spacial score (nSPS) is 15.1. The first kappa shape index (κ1) is 21.6. The van der Waals surface area contributed by atoms with Gasteiger partial charge >= 0.3 is 0 Å². The van der Waals surface area contributed by atoms with E-state index in [9.17, 15) is 8.42 Å². The molecule has 1 fully saturated rings. The van der Waals surface area contributed by atoms with Crippen LogP contribution in [0.3, 0.4) is 0 Å². The van der Waals surface area contributed by atoms with Gasteiger partial charge in [-0.3, -0.25) is 4.90 Å². The van der Waals surface area contributed by atoms with Gasteiger partial charge < -0.3 is 9.64 Å². The van der Waals surface area contributed by atoms with Gasteiger partial charge in [0.2, 0.25) is 0 Å². The van der Waals surface area contributed by atoms with Gasteiger partial charge in [0, 0.05) is 50.0 Å². The van der Waals surface area contributed by atoms with E-state index in [-0.39, 0.29) is 4.90 Å². The van der Waals surface area contributed by atoms with Crippen LogP contribution in [0.4, 0.5) is 5.69 Å². The van der Waals surface area contributed by atoms with Crippen LogP contribution in [0.1, 0.15) is 5.56 Å². The van der Waals surface area contributed by atoms with Gasteiger partial charge in [0.1, 0.15) is 5.75 Å². The fourth-order valence-corrected chi connectivity index (χ4v) is 5.73. The molecule has 6 nitrogen and oxygen atoms in total. The number of benzene rings is 3. The van der Waals surface area contributed by atoms with Crippen molar-refractivity contribution in [1.29, 1.82) is 0 Å². The Balaban J connectivity index is 1.32. The van der Waals surface area contributed by atoms with Crippen LogP contribution in [0, 0.1) is 0 Å². The zero-order valence-corrected chi connectivity index (χ0v) is 19.4. The predicted octanol–water partition coefficient (Wildman–Crippen LogP) is 4.21. The fourth-order valence-electron chi connectivity index (χ4n) is 4.38. The highest BCUT2D eigenvalue weighted by Crippen LogP contribution is 2.28. The molecule has 0 saturated carbocycles. The summed E-state index contributed by atoms with van der Waals surface area (Å²) in [5, 5.41) is 0.913. The van der Waals surface area contributed by atoms with Gasteiger partial charge in [0.05, 0.1) is 17.5 Å². The Labute approximate surface area is 194 Å². The summed E-state index contributed by atoms with van der Waals surface area (Å²) in [5.74, 6) is 0.625. The lowest BCUT2D eigenvalue weighted by Crippen LogP contribution is -2.45. The molecule has 0 atom stereocenters. The molecule has 1 aliphatic rings. The Morgan fingerprint density at radius 2 is 1.58 bits per heavy atom. The summed E-state index contributed by atoms with van der Waals surface area (Å²) in [5.41, 5.74) is 3.14. The molecule has 5 rings (SSSR count). The SMILES string of the molecule is COc1ccc(S(=O)(=O)n2ccc3cc(N4CCN(Cc5ccccc5)CC4)ccc32)cc1. The van der Waals surface area contributed by atoms with Crippen molar-refractivity contribution in [3.63, 3.8) is 0 Å². The van der Waals surface area contributed by atoms with Crippen LogP contribution in [-0.4, -0.2) is 50.6 Å². The number of fused-ring (bicyclic) bond motifs is 1. The molecule has 2 heterocycles. The van der Waals surface area contributed by atoms with Crippen LogP contribution >= 0.6 is 0 Å². The first-order valence-electron chi connectivity index (χ1n) is 11.1. The van der Waals surface area contributed by atoms with Gasteiger partial charge in [0.15, 0.2) is 0 Å². The minimum Gasteiger partial charge on any atom is -0.497 e. The van der Waals surface area contributed by atoms with Crippen LogP contribution in [0.15, 0.2) is 90.0 Å². The third kappa shape index (κ3) is 4.34. The van der Waals surface area contributed by atoms with Crippen molar-refractivity contribution in [3.8, 4) is 5.75 Å². The number of piperazine rings is 1. The van der Waals surface area contributed by atoms with Crippen LogP contribution in [-0.2, 0) is 16.6 Å². The number of methoxy groups -OCH3 is 1. The molecule has 4 aromatic rings. The van der Waals surface area contributed by atoms with Crippen molar-refractivity contribution in [1.82, 2.24) is 8.87 Å². The van der Waals surface area contributed by atoms with E-state index in [1.165, 1.54) is 9.54 Å². The number of aromatic nitrogens is 1. The summed E-state index contributed by atoms with van der Waals surface area (Å²) >= 11 is 0. The van der Waals surface area contributed by atoms with Crippen molar-refractivity contribution in [2.75, 3.05) is 38.2 Å². The first-order valence-corrected chi connectivity index (χ1v) is 12.5. The maximum Gasteiger partial charge on any atom is 0.268 e. The van der Waals surface area contributed by atoms with Crippen molar-refractivity contribution in [2.45, 2.75) is 11.4 Å². The van der Waals surface area contributed by atoms with E-state index in [1.807, 2.05) is 24.3 Å². The van der Waals surface area contributed by atoms with E-state index in [0.717, 1.165) is 43.8 Å². The topological polar surface area (TPSA) is 54.8 Å².